The average molecular weight is 414 g/mol. The van der Waals surface area contributed by atoms with E-state index in [2.05, 4.69) is 9.88 Å². The average Bonchev–Trinajstić information content (AvgIpc) is 3.56. The third-order valence-electron chi connectivity index (χ3n) is 6.26. The maximum absolute atomic E-state index is 13.7. The molecule has 154 valence electrons. The highest BCUT2D eigenvalue weighted by molar-refractivity contribution is 7.89. The number of hydrogen-bond donors (Lipinski definition) is 0. The summed E-state index contributed by atoms with van der Waals surface area (Å²) >= 11 is 0. The molecule has 29 heavy (non-hydrogen) atoms. The van der Waals surface area contributed by atoms with Crippen molar-refractivity contribution in [1.29, 1.82) is 0 Å². The Labute approximate surface area is 172 Å². The molecule has 5 rings (SSSR count). The SMILES string of the molecule is O=S1(=O)c2ccccc2O[C@H]2CCN(CC3CC3)CC[C@@H]2N1Cc1cccnc1. The van der Waals surface area contributed by atoms with Crippen molar-refractivity contribution in [2.45, 2.75) is 49.3 Å². The van der Waals surface area contributed by atoms with Crippen molar-refractivity contribution in [3.63, 3.8) is 0 Å². The first-order valence-electron chi connectivity index (χ1n) is 10.5. The van der Waals surface area contributed by atoms with Gasteiger partial charge in [-0.1, -0.05) is 18.2 Å². The number of rotatable bonds is 4. The molecule has 0 spiro atoms. The molecule has 1 saturated carbocycles. The summed E-state index contributed by atoms with van der Waals surface area (Å²) in [6.45, 7) is 3.32. The molecule has 2 aromatic rings. The Bertz CT molecular complexity index is 962. The summed E-state index contributed by atoms with van der Waals surface area (Å²) < 4.78 is 35.4. The minimum Gasteiger partial charge on any atom is -0.487 e. The van der Waals surface area contributed by atoms with E-state index in [9.17, 15) is 8.42 Å². The molecule has 7 heteroatoms. The van der Waals surface area contributed by atoms with E-state index in [0.717, 1.165) is 44.0 Å². The molecule has 1 aromatic heterocycles. The van der Waals surface area contributed by atoms with Crippen molar-refractivity contribution in [1.82, 2.24) is 14.2 Å². The molecule has 3 aliphatic rings. The second-order valence-electron chi connectivity index (χ2n) is 8.40. The van der Waals surface area contributed by atoms with Gasteiger partial charge in [0.15, 0.2) is 0 Å². The number of ether oxygens (including phenoxy) is 1. The fourth-order valence-corrected chi connectivity index (χ4v) is 6.32. The fourth-order valence-electron chi connectivity index (χ4n) is 4.53. The molecule has 0 radical (unpaired) electrons. The molecular formula is C22H27N3O3S. The standard InChI is InChI=1S/C22H27N3O3S/c26-29(27)22-6-2-1-5-21(22)28-20-10-13-24(15-17-7-8-17)12-9-19(20)25(29)16-18-4-3-11-23-14-18/h1-6,11,14,17,19-20H,7-10,12-13,15-16H2/t19-,20-/m0/s1. The van der Waals surface area contributed by atoms with Gasteiger partial charge in [-0.05, 0) is 61.9 Å². The topological polar surface area (TPSA) is 62.7 Å². The van der Waals surface area contributed by atoms with Gasteiger partial charge in [0.1, 0.15) is 16.7 Å². The zero-order valence-corrected chi connectivity index (χ0v) is 17.3. The van der Waals surface area contributed by atoms with Gasteiger partial charge in [0.2, 0.25) is 10.0 Å². The van der Waals surface area contributed by atoms with Crippen LogP contribution in [-0.4, -0.2) is 54.4 Å². The molecule has 1 saturated heterocycles. The summed E-state index contributed by atoms with van der Waals surface area (Å²) in [6, 6.07) is 10.7. The Balaban J connectivity index is 1.51. The van der Waals surface area contributed by atoms with Crippen LogP contribution in [-0.2, 0) is 16.6 Å². The summed E-state index contributed by atoms with van der Waals surface area (Å²) in [5.41, 5.74) is 0.897. The Hall–Kier alpha value is -1.96. The van der Waals surface area contributed by atoms with E-state index in [1.54, 1.807) is 34.9 Å². The van der Waals surface area contributed by atoms with Crippen LogP contribution in [0, 0.1) is 5.92 Å². The Morgan fingerprint density at radius 2 is 1.86 bits per heavy atom. The van der Waals surface area contributed by atoms with E-state index in [1.807, 2.05) is 18.2 Å². The van der Waals surface area contributed by atoms with Crippen LogP contribution >= 0.6 is 0 Å². The molecule has 2 atom stereocenters. The summed E-state index contributed by atoms with van der Waals surface area (Å²) in [4.78, 5) is 6.95. The van der Waals surface area contributed by atoms with Crippen LogP contribution < -0.4 is 4.74 Å². The minimum atomic E-state index is -3.67. The first kappa shape index (κ1) is 19.0. The zero-order valence-electron chi connectivity index (χ0n) is 16.5. The van der Waals surface area contributed by atoms with Crippen molar-refractivity contribution < 1.29 is 13.2 Å². The maximum Gasteiger partial charge on any atom is 0.247 e. The Kier molecular flexibility index (Phi) is 5.05. The van der Waals surface area contributed by atoms with Crippen LogP contribution in [0.2, 0.25) is 0 Å². The first-order chi connectivity index (χ1) is 14.1. The lowest BCUT2D eigenvalue weighted by atomic mass is 10.1. The lowest BCUT2D eigenvalue weighted by Gasteiger charge is -2.31. The van der Waals surface area contributed by atoms with Crippen molar-refractivity contribution in [3.05, 3.63) is 54.4 Å². The van der Waals surface area contributed by atoms with Crippen molar-refractivity contribution in [3.8, 4) is 5.75 Å². The van der Waals surface area contributed by atoms with Crippen LogP contribution in [0.15, 0.2) is 53.7 Å². The number of hydrogen-bond acceptors (Lipinski definition) is 5. The molecule has 1 aromatic carbocycles. The first-order valence-corrected chi connectivity index (χ1v) is 11.9. The number of benzene rings is 1. The number of likely N-dealkylation sites (tertiary alicyclic amines) is 1. The number of pyridine rings is 1. The van der Waals surface area contributed by atoms with Gasteiger partial charge in [-0.25, -0.2) is 8.42 Å². The van der Waals surface area contributed by atoms with Crippen LogP contribution in [0.25, 0.3) is 0 Å². The molecular weight excluding hydrogens is 386 g/mol. The van der Waals surface area contributed by atoms with Gasteiger partial charge in [0, 0.05) is 32.0 Å². The smallest absolute Gasteiger partial charge is 0.247 e. The van der Waals surface area contributed by atoms with E-state index in [1.165, 1.54) is 12.8 Å². The maximum atomic E-state index is 13.7. The number of aromatic nitrogens is 1. The number of nitrogens with zero attached hydrogens (tertiary/aromatic N) is 3. The third kappa shape index (κ3) is 3.91. The molecule has 0 amide bonds. The quantitative estimate of drug-likeness (QED) is 0.771. The van der Waals surface area contributed by atoms with Crippen LogP contribution in [0.3, 0.4) is 0 Å². The van der Waals surface area contributed by atoms with E-state index in [-0.39, 0.29) is 17.0 Å². The predicted octanol–water partition coefficient (Wildman–Crippen LogP) is 2.91. The zero-order chi connectivity index (χ0) is 19.8. The van der Waals surface area contributed by atoms with Crippen molar-refractivity contribution >= 4 is 10.0 Å². The molecule has 0 unspecified atom stereocenters. The number of sulfonamides is 1. The largest absolute Gasteiger partial charge is 0.487 e. The van der Waals surface area contributed by atoms with Gasteiger partial charge < -0.3 is 9.64 Å². The molecule has 0 bridgehead atoms. The van der Waals surface area contributed by atoms with Crippen molar-refractivity contribution in [2.75, 3.05) is 19.6 Å². The number of fused-ring (bicyclic) bond motifs is 2. The monoisotopic (exact) mass is 413 g/mol. The summed E-state index contributed by atoms with van der Waals surface area (Å²) in [5, 5.41) is 0. The van der Waals surface area contributed by atoms with Crippen LogP contribution in [0.1, 0.15) is 31.2 Å². The summed E-state index contributed by atoms with van der Waals surface area (Å²) in [7, 11) is -3.67. The second kappa shape index (κ2) is 7.70. The van der Waals surface area contributed by atoms with Gasteiger partial charge >= 0.3 is 0 Å². The normalized spacial score (nSPS) is 27.2. The van der Waals surface area contributed by atoms with Crippen LogP contribution in [0.5, 0.6) is 5.75 Å². The highest BCUT2D eigenvalue weighted by atomic mass is 32.2. The van der Waals surface area contributed by atoms with Gasteiger partial charge in [0.05, 0.1) is 6.04 Å². The van der Waals surface area contributed by atoms with Gasteiger partial charge in [-0.2, -0.15) is 4.31 Å². The third-order valence-corrected chi connectivity index (χ3v) is 8.17. The van der Waals surface area contributed by atoms with E-state index < -0.39 is 10.0 Å². The molecule has 2 fully saturated rings. The van der Waals surface area contributed by atoms with Crippen molar-refractivity contribution in [2.24, 2.45) is 5.92 Å². The predicted molar refractivity (Wildman–Crippen MR) is 110 cm³/mol. The lowest BCUT2D eigenvalue weighted by molar-refractivity contribution is 0.110. The van der Waals surface area contributed by atoms with E-state index in [0.29, 0.717) is 12.3 Å². The number of para-hydroxylation sites is 1. The Morgan fingerprint density at radius 1 is 1.03 bits per heavy atom. The fraction of sp³-hybridized carbons (Fsp3) is 0.500. The highest BCUT2D eigenvalue weighted by Crippen LogP contribution is 2.38. The van der Waals surface area contributed by atoms with Gasteiger partial charge in [-0.15, -0.1) is 0 Å². The minimum absolute atomic E-state index is 0.144. The van der Waals surface area contributed by atoms with Crippen LogP contribution in [0.4, 0.5) is 0 Å². The molecule has 6 nitrogen and oxygen atoms in total. The van der Waals surface area contributed by atoms with Gasteiger partial charge in [0.25, 0.3) is 0 Å². The summed E-state index contributed by atoms with van der Waals surface area (Å²) in [5.74, 6) is 1.31. The highest BCUT2D eigenvalue weighted by Gasteiger charge is 2.43. The molecule has 3 heterocycles. The second-order valence-corrected chi connectivity index (χ2v) is 10.3. The molecule has 2 aliphatic heterocycles. The summed E-state index contributed by atoms with van der Waals surface area (Å²) in [6.07, 6.45) is 7.59. The molecule has 1 aliphatic carbocycles. The van der Waals surface area contributed by atoms with E-state index in [4.69, 9.17) is 4.74 Å². The lowest BCUT2D eigenvalue weighted by Crippen LogP contribution is -2.46. The molecule has 0 N–H and O–H groups in total. The van der Waals surface area contributed by atoms with Gasteiger partial charge in [-0.3, -0.25) is 4.98 Å². The van der Waals surface area contributed by atoms with E-state index >= 15 is 0 Å². The Morgan fingerprint density at radius 3 is 2.66 bits per heavy atom.